The van der Waals surface area contributed by atoms with E-state index in [1.54, 1.807) is 0 Å². The first-order valence-electron chi connectivity index (χ1n) is 5.91. The highest BCUT2D eigenvalue weighted by Gasteiger charge is 2.35. The molecule has 0 amide bonds. The predicted octanol–water partition coefficient (Wildman–Crippen LogP) is 4.22. The van der Waals surface area contributed by atoms with E-state index in [9.17, 15) is 26.3 Å². The van der Waals surface area contributed by atoms with Crippen LogP contribution in [0.3, 0.4) is 0 Å². The molecule has 0 fully saturated rings. The van der Waals surface area contributed by atoms with Crippen molar-refractivity contribution in [3.63, 3.8) is 0 Å². The molecule has 1 aromatic carbocycles. The highest BCUT2D eigenvalue weighted by atomic mass is 19.4. The van der Waals surface area contributed by atoms with Crippen molar-refractivity contribution in [2.45, 2.75) is 12.4 Å². The second kappa shape index (κ2) is 5.47. The molecular weight excluding hydrogens is 312 g/mol. The van der Waals surface area contributed by atoms with Crippen molar-refractivity contribution in [1.29, 1.82) is 0 Å². The first kappa shape index (κ1) is 16.1. The molecule has 0 unspecified atom stereocenters. The number of hydrogen-bond donors (Lipinski definition) is 1. The molecule has 0 aliphatic rings. The minimum atomic E-state index is -4.67. The Labute approximate surface area is 121 Å². The van der Waals surface area contributed by atoms with Gasteiger partial charge in [0.1, 0.15) is 0 Å². The molecule has 22 heavy (non-hydrogen) atoms. The second-order valence-corrected chi connectivity index (χ2v) is 4.30. The Kier molecular flexibility index (Phi) is 3.99. The number of alkyl halides is 6. The van der Waals surface area contributed by atoms with Crippen LogP contribution in [0.25, 0.3) is 11.1 Å². The molecule has 9 heteroatoms. The Morgan fingerprint density at radius 1 is 0.864 bits per heavy atom. The van der Waals surface area contributed by atoms with Crippen molar-refractivity contribution in [1.82, 2.24) is 9.97 Å². The molecular formula is C13H9F6N3. The molecule has 1 N–H and O–H groups in total. The normalized spacial score (nSPS) is 12.3. The molecule has 0 spiro atoms. The van der Waals surface area contributed by atoms with Crippen molar-refractivity contribution in [3.8, 4) is 11.1 Å². The van der Waals surface area contributed by atoms with Gasteiger partial charge in [0.15, 0.2) is 0 Å². The highest BCUT2D eigenvalue weighted by molar-refractivity contribution is 5.69. The number of rotatable bonds is 2. The standard InChI is InChI=1S/C13H9F6N3/c1-20-10-4-7(2-3-9(10)12(14,15)16)8-5-21-11(22-6-8)13(17,18)19/h2-6,20H,1H3. The molecule has 0 saturated carbocycles. The van der Waals surface area contributed by atoms with Gasteiger partial charge >= 0.3 is 12.4 Å². The number of aromatic nitrogens is 2. The van der Waals surface area contributed by atoms with Gasteiger partial charge in [-0.25, -0.2) is 9.97 Å². The summed E-state index contributed by atoms with van der Waals surface area (Å²) in [4.78, 5) is 6.35. The summed E-state index contributed by atoms with van der Waals surface area (Å²) in [6.07, 6.45) is -7.38. The molecule has 3 nitrogen and oxygen atoms in total. The van der Waals surface area contributed by atoms with Gasteiger partial charge in [-0.15, -0.1) is 0 Å². The SMILES string of the molecule is CNc1cc(-c2cnc(C(F)(F)F)nc2)ccc1C(F)(F)F. The lowest BCUT2D eigenvalue weighted by Gasteiger charge is -2.14. The Bertz CT molecular complexity index is 661. The number of hydrogen-bond acceptors (Lipinski definition) is 3. The fourth-order valence-electron chi connectivity index (χ4n) is 1.80. The molecule has 1 aromatic heterocycles. The molecule has 0 saturated heterocycles. The van der Waals surface area contributed by atoms with Crippen LogP contribution in [0.1, 0.15) is 11.4 Å². The predicted molar refractivity (Wildman–Crippen MR) is 67.0 cm³/mol. The molecule has 0 radical (unpaired) electrons. The largest absolute Gasteiger partial charge is 0.451 e. The monoisotopic (exact) mass is 321 g/mol. The second-order valence-electron chi connectivity index (χ2n) is 4.30. The van der Waals surface area contributed by atoms with Crippen LogP contribution >= 0.6 is 0 Å². The van der Waals surface area contributed by atoms with Gasteiger partial charge in [0.2, 0.25) is 5.82 Å². The molecule has 118 valence electrons. The number of anilines is 1. The first-order valence-corrected chi connectivity index (χ1v) is 5.91. The van der Waals surface area contributed by atoms with Crippen LogP contribution in [0.2, 0.25) is 0 Å². The van der Waals surface area contributed by atoms with Crippen molar-refractivity contribution >= 4 is 5.69 Å². The molecule has 0 aliphatic heterocycles. The maximum atomic E-state index is 12.8. The van der Waals surface area contributed by atoms with Crippen LogP contribution in [0, 0.1) is 0 Å². The van der Waals surface area contributed by atoms with E-state index < -0.39 is 23.7 Å². The highest BCUT2D eigenvalue weighted by Crippen LogP contribution is 2.37. The Hall–Kier alpha value is -2.32. The lowest BCUT2D eigenvalue weighted by atomic mass is 10.0. The quantitative estimate of drug-likeness (QED) is 0.842. The van der Waals surface area contributed by atoms with Gasteiger partial charge in [0, 0.05) is 30.7 Å². The topological polar surface area (TPSA) is 37.8 Å². The molecule has 0 aliphatic carbocycles. The van der Waals surface area contributed by atoms with Gasteiger partial charge in [0.05, 0.1) is 5.56 Å². The average molecular weight is 321 g/mol. The van der Waals surface area contributed by atoms with Gasteiger partial charge in [-0.05, 0) is 17.7 Å². The van der Waals surface area contributed by atoms with E-state index in [4.69, 9.17) is 0 Å². The smallest absolute Gasteiger partial charge is 0.388 e. The Morgan fingerprint density at radius 2 is 1.45 bits per heavy atom. The Morgan fingerprint density at radius 3 is 1.91 bits per heavy atom. The lowest BCUT2D eigenvalue weighted by Crippen LogP contribution is -2.10. The number of nitrogens with one attached hydrogen (secondary N) is 1. The summed E-state index contributed by atoms with van der Waals surface area (Å²) in [5.41, 5.74) is -0.610. The van der Waals surface area contributed by atoms with Crippen LogP contribution in [0.15, 0.2) is 30.6 Å². The summed E-state index contributed by atoms with van der Waals surface area (Å²) >= 11 is 0. The van der Waals surface area contributed by atoms with Crippen molar-refractivity contribution < 1.29 is 26.3 Å². The summed E-state index contributed by atoms with van der Waals surface area (Å²) < 4.78 is 75.4. The number of nitrogens with zero attached hydrogens (tertiary/aromatic N) is 2. The molecule has 1 heterocycles. The molecule has 0 atom stereocenters. The van der Waals surface area contributed by atoms with Gasteiger partial charge in [-0.3, -0.25) is 0 Å². The molecule has 0 bridgehead atoms. The van der Waals surface area contributed by atoms with Gasteiger partial charge in [-0.1, -0.05) is 6.07 Å². The third-order valence-corrected chi connectivity index (χ3v) is 2.83. The maximum Gasteiger partial charge on any atom is 0.451 e. The van der Waals surface area contributed by atoms with Crippen LogP contribution in [0.5, 0.6) is 0 Å². The van der Waals surface area contributed by atoms with E-state index in [-0.39, 0.29) is 16.8 Å². The number of benzene rings is 1. The summed E-state index contributed by atoms with van der Waals surface area (Å²) in [6.45, 7) is 0. The van der Waals surface area contributed by atoms with Crippen molar-refractivity contribution in [2.24, 2.45) is 0 Å². The van der Waals surface area contributed by atoms with Crippen molar-refractivity contribution in [2.75, 3.05) is 12.4 Å². The average Bonchev–Trinajstić information content (AvgIpc) is 2.45. The zero-order valence-electron chi connectivity index (χ0n) is 11.0. The van der Waals surface area contributed by atoms with E-state index in [0.29, 0.717) is 0 Å². The van der Waals surface area contributed by atoms with E-state index in [1.807, 2.05) is 0 Å². The fourth-order valence-corrected chi connectivity index (χ4v) is 1.80. The summed E-state index contributed by atoms with van der Waals surface area (Å²) in [5.74, 6) is -1.31. The lowest BCUT2D eigenvalue weighted by molar-refractivity contribution is -0.145. The van der Waals surface area contributed by atoms with E-state index in [0.717, 1.165) is 24.5 Å². The summed E-state index contributed by atoms with van der Waals surface area (Å²) in [5, 5.41) is 2.41. The maximum absolute atomic E-state index is 12.8. The van der Waals surface area contributed by atoms with E-state index in [2.05, 4.69) is 15.3 Å². The van der Waals surface area contributed by atoms with E-state index >= 15 is 0 Å². The zero-order chi connectivity index (χ0) is 16.5. The van der Waals surface area contributed by atoms with Crippen LogP contribution in [0.4, 0.5) is 32.0 Å². The number of halogens is 6. The third kappa shape index (κ3) is 3.29. The van der Waals surface area contributed by atoms with Gasteiger partial charge in [0.25, 0.3) is 0 Å². The van der Waals surface area contributed by atoms with E-state index in [1.165, 1.54) is 13.1 Å². The minimum Gasteiger partial charge on any atom is -0.388 e. The van der Waals surface area contributed by atoms with Crippen LogP contribution in [-0.2, 0) is 12.4 Å². The summed E-state index contributed by atoms with van der Waals surface area (Å²) in [6, 6.07) is 3.17. The van der Waals surface area contributed by atoms with Crippen molar-refractivity contribution in [3.05, 3.63) is 42.0 Å². The first-order chi connectivity index (χ1) is 10.1. The molecule has 2 rings (SSSR count). The third-order valence-electron chi connectivity index (χ3n) is 2.83. The summed E-state index contributed by atoms with van der Waals surface area (Å²) in [7, 11) is 1.32. The van der Waals surface area contributed by atoms with Crippen LogP contribution in [-0.4, -0.2) is 17.0 Å². The van der Waals surface area contributed by atoms with Gasteiger partial charge in [-0.2, -0.15) is 26.3 Å². The minimum absolute atomic E-state index is 0.179. The van der Waals surface area contributed by atoms with Crippen LogP contribution < -0.4 is 5.32 Å². The fraction of sp³-hybridized carbons (Fsp3) is 0.231. The zero-order valence-corrected chi connectivity index (χ0v) is 11.0. The molecule has 2 aromatic rings. The Balaban J connectivity index is 2.42. The van der Waals surface area contributed by atoms with Gasteiger partial charge < -0.3 is 5.32 Å².